The molecular formula is C21H31N3O4. The average Bonchev–Trinajstić information content (AvgIpc) is 3.26. The van der Waals surface area contributed by atoms with Crippen molar-refractivity contribution in [1.82, 2.24) is 15.5 Å². The molecule has 2 heterocycles. The highest BCUT2D eigenvalue weighted by molar-refractivity contribution is 5.82. The number of carbonyl (C=O) groups excluding carboxylic acids is 2. The van der Waals surface area contributed by atoms with Gasteiger partial charge >= 0.3 is 0 Å². The van der Waals surface area contributed by atoms with E-state index >= 15 is 0 Å². The van der Waals surface area contributed by atoms with Crippen molar-refractivity contribution in [3.05, 3.63) is 23.8 Å². The van der Waals surface area contributed by atoms with E-state index in [1.807, 2.05) is 30.0 Å². The number of hydrogen-bond acceptors (Lipinski definition) is 5. The number of methoxy groups -OCH3 is 1. The number of ether oxygens (including phenoxy) is 2. The highest BCUT2D eigenvalue weighted by Gasteiger charge is 2.26. The maximum Gasteiger partial charge on any atom is 0.260 e. The Hall–Kier alpha value is -2.28. The van der Waals surface area contributed by atoms with Crippen molar-refractivity contribution in [3.63, 3.8) is 0 Å². The minimum Gasteiger partial charge on any atom is -0.493 e. The van der Waals surface area contributed by atoms with Gasteiger partial charge in [0, 0.05) is 19.6 Å². The minimum atomic E-state index is -0.0563. The number of aryl methyl sites for hydroxylation is 1. The second-order valence-electron chi connectivity index (χ2n) is 7.69. The van der Waals surface area contributed by atoms with Gasteiger partial charge < -0.3 is 25.0 Å². The maximum absolute atomic E-state index is 12.6. The van der Waals surface area contributed by atoms with Crippen LogP contribution in [-0.4, -0.2) is 62.7 Å². The molecule has 0 bridgehead atoms. The van der Waals surface area contributed by atoms with E-state index in [4.69, 9.17) is 9.47 Å². The van der Waals surface area contributed by atoms with E-state index in [1.54, 1.807) is 7.11 Å². The number of nitrogens with zero attached hydrogens (tertiary/aromatic N) is 1. The molecule has 7 heteroatoms. The average molecular weight is 389 g/mol. The lowest BCUT2D eigenvalue weighted by molar-refractivity contribution is -0.135. The minimum absolute atomic E-state index is 0.00943. The molecule has 1 aromatic carbocycles. The van der Waals surface area contributed by atoms with Crippen molar-refractivity contribution in [2.24, 2.45) is 5.92 Å². The summed E-state index contributed by atoms with van der Waals surface area (Å²) in [6.07, 6.45) is 3.92. The van der Waals surface area contributed by atoms with Crippen molar-refractivity contribution in [3.8, 4) is 11.5 Å². The number of hydrogen-bond donors (Lipinski definition) is 2. The summed E-state index contributed by atoms with van der Waals surface area (Å²) in [4.78, 5) is 26.6. The van der Waals surface area contributed by atoms with Crippen molar-refractivity contribution in [1.29, 1.82) is 0 Å². The summed E-state index contributed by atoms with van der Waals surface area (Å²) < 4.78 is 11.0. The zero-order chi connectivity index (χ0) is 19.9. The van der Waals surface area contributed by atoms with E-state index in [1.165, 1.54) is 0 Å². The lowest BCUT2D eigenvalue weighted by atomic mass is 9.97. The molecule has 1 aromatic rings. The second-order valence-corrected chi connectivity index (χ2v) is 7.69. The molecule has 3 rings (SSSR count). The zero-order valence-corrected chi connectivity index (χ0v) is 16.8. The fourth-order valence-electron chi connectivity index (χ4n) is 3.86. The van der Waals surface area contributed by atoms with Crippen molar-refractivity contribution in [2.75, 3.05) is 39.9 Å². The molecule has 2 N–H and O–H groups in total. The summed E-state index contributed by atoms with van der Waals surface area (Å²) >= 11 is 0. The Morgan fingerprint density at radius 1 is 1.25 bits per heavy atom. The molecule has 2 amide bonds. The molecule has 2 saturated heterocycles. The molecule has 2 fully saturated rings. The number of rotatable bonds is 7. The molecule has 154 valence electrons. The molecule has 28 heavy (non-hydrogen) atoms. The standard InChI is InChI=1S/C21H31N3O4/c1-15-7-8-18(19(11-15)27-2)28-14-20(25)24-10-4-5-16(13-24)12-23-21(26)17-6-3-9-22-17/h7-8,11,16-17,22H,3-6,9-10,12-14H2,1-2H3,(H,23,26). The third-order valence-electron chi connectivity index (χ3n) is 5.48. The second kappa shape index (κ2) is 9.78. The van der Waals surface area contributed by atoms with Gasteiger partial charge in [0.2, 0.25) is 5.91 Å². The predicted molar refractivity (Wildman–Crippen MR) is 107 cm³/mol. The van der Waals surface area contributed by atoms with Crippen LogP contribution in [0.1, 0.15) is 31.2 Å². The van der Waals surface area contributed by atoms with E-state index < -0.39 is 0 Å². The van der Waals surface area contributed by atoms with Gasteiger partial charge in [-0.3, -0.25) is 9.59 Å². The van der Waals surface area contributed by atoms with Crippen LogP contribution < -0.4 is 20.1 Å². The van der Waals surface area contributed by atoms with Crippen LogP contribution in [0, 0.1) is 12.8 Å². The Labute approximate surface area is 166 Å². The lowest BCUT2D eigenvalue weighted by Gasteiger charge is -2.33. The zero-order valence-electron chi connectivity index (χ0n) is 16.8. The predicted octanol–water partition coefficient (Wildman–Crippen LogP) is 1.49. The van der Waals surface area contributed by atoms with Gasteiger partial charge in [-0.2, -0.15) is 0 Å². The molecular weight excluding hydrogens is 358 g/mol. The first-order valence-corrected chi connectivity index (χ1v) is 10.1. The molecule has 0 saturated carbocycles. The van der Waals surface area contributed by atoms with E-state index in [-0.39, 0.29) is 30.4 Å². The van der Waals surface area contributed by atoms with Gasteiger partial charge in [-0.25, -0.2) is 0 Å². The smallest absolute Gasteiger partial charge is 0.260 e. The Morgan fingerprint density at radius 3 is 2.86 bits per heavy atom. The molecule has 2 unspecified atom stereocenters. The van der Waals surface area contributed by atoms with Crippen molar-refractivity contribution >= 4 is 11.8 Å². The summed E-state index contributed by atoms with van der Waals surface area (Å²) in [6, 6.07) is 5.59. The normalized spacial score (nSPS) is 22.0. The first-order chi connectivity index (χ1) is 13.6. The molecule has 0 radical (unpaired) electrons. The Balaban J connectivity index is 1.45. The van der Waals surface area contributed by atoms with E-state index in [2.05, 4.69) is 10.6 Å². The van der Waals surface area contributed by atoms with Gasteiger partial charge in [-0.05, 0) is 62.8 Å². The number of nitrogens with one attached hydrogen (secondary N) is 2. The first-order valence-electron chi connectivity index (χ1n) is 10.1. The van der Waals surface area contributed by atoms with Crippen LogP contribution in [0.5, 0.6) is 11.5 Å². The number of benzene rings is 1. The lowest BCUT2D eigenvalue weighted by Crippen LogP contribution is -2.47. The quantitative estimate of drug-likeness (QED) is 0.739. The van der Waals surface area contributed by atoms with Crippen molar-refractivity contribution in [2.45, 2.75) is 38.6 Å². The largest absolute Gasteiger partial charge is 0.493 e. The summed E-state index contributed by atoms with van der Waals surface area (Å²) in [5.41, 5.74) is 1.07. The molecule has 0 aromatic heterocycles. The van der Waals surface area contributed by atoms with Crippen LogP contribution in [0.25, 0.3) is 0 Å². The SMILES string of the molecule is COc1cc(C)ccc1OCC(=O)N1CCCC(CNC(=O)C2CCCN2)C1. The summed E-state index contributed by atoms with van der Waals surface area (Å²) in [5.74, 6) is 1.54. The summed E-state index contributed by atoms with van der Waals surface area (Å²) in [6.45, 7) is 4.90. The highest BCUT2D eigenvalue weighted by Crippen LogP contribution is 2.28. The van der Waals surface area contributed by atoms with Crippen LogP contribution in [0.3, 0.4) is 0 Å². The molecule has 2 atom stereocenters. The van der Waals surface area contributed by atoms with Crippen LogP contribution in [0.15, 0.2) is 18.2 Å². The van der Waals surface area contributed by atoms with Crippen LogP contribution in [0.4, 0.5) is 0 Å². The Kier molecular flexibility index (Phi) is 7.14. The van der Waals surface area contributed by atoms with Gasteiger partial charge in [0.05, 0.1) is 13.2 Å². The van der Waals surface area contributed by atoms with Crippen LogP contribution in [0.2, 0.25) is 0 Å². The van der Waals surface area contributed by atoms with Gasteiger partial charge in [-0.1, -0.05) is 6.07 Å². The number of amides is 2. The number of likely N-dealkylation sites (tertiary alicyclic amines) is 1. The third kappa shape index (κ3) is 5.38. The summed E-state index contributed by atoms with van der Waals surface area (Å²) in [7, 11) is 1.59. The Morgan fingerprint density at radius 2 is 2.11 bits per heavy atom. The van der Waals surface area contributed by atoms with E-state index in [0.717, 1.165) is 44.3 Å². The monoisotopic (exact) mass is 389 g/mol. The summed E-state index contributed by atoms with van der Waals surface area (Å²) in [5, 5.41) is 6.26. The van der Waals surface area contributed by atoms with Gasteiger partial charge in [0.25, 0.3) is 5.91 Å². The van der Waals surface area contributed by atoms with Gasteiger partial charge in [0.15, 0.2) is 18.1 Å². The maximum atomic E-state index is 12.6. The fraction of sp³-hybridized carbons (Fsp3) is 0.619. The van der Waals surface area contributed by atoms with E-state index in [9.17, 15) is 9.59 Å². The van der Waals surface area contributed by atoms with Crippen LogP contribution in [-0.2, 0) is 9.59 Å². The molecule has 0 spiro atoms. The van der Waals surface area contributed by atoms with E-state index in [0.29, 0.717) is 24.6 Å². The topological polar surface area (TPSA) is 79.9 Å². The highest BCUT2D eigenvalue weighted by atomic mass is 16.5. The van der Waals surface area contributed by atoms with Crippen molar-refractivity contribution < 1.29 is 19.1 Å². The van der Waals surface area contributed by atoms with Crippen LogP contribution >= 0.6 is 0 Å². The third-order valence-corrected chi connectivity index (χ3v) is 5.48. The number of carbonyl (C=O) groups is 2. The number of piperidine rings is 1. The molecule has 2 aliphatic heterocycles. The first kappa shape index (κ1) is 20.5. The molecule has 7 nitrogen and oxygen atoms in total. The Bertz CT molecular complexity index is 688. The fourth-order valence-corrected chi connectivity index (χ4v) is 3.86. The molecule has 0 aliphatic carbocycles. The van der Waals surface area contributed by atoms with Gasteiger partial charge in [-0.15, -0.1) is 0 Å². The van der Waals surface area contributed by atoms with Gasteiger partial charge in [0.1, 0.15) is 0 Å². The molecule has 2 aliphatic rings.